The summed E-state index contributed by atoms with van der Waals surface area (Å²) in [6, 6.07) is 5.50. The van der Waals surface area contributed by atoms with Crippen molar-refractivity contribution in [2.24, 2.45) is 17.8 Å². The third-order valence-corrected chi connectivity index (χ3v) is 5.89. The maximum Gasteiger partial charge on any atom is 0.123 e. The second-order valence-corrected chi connectivity index (χ2v) is 6.58. The van der Waals surface area contributed by atoms with Crippen molar-refractivity contribution >= 4 is 0 Å². The van der Waals surface area contributed by atoms with Crippen LogP contribution in [-0.4, -0.2) is 0 Å². The minimum Gasteiger partial charge on any atom is -0.207 e. The quantitative estimate of drug-likeness (QED) is 0.621. The zero-order valence-electron chi connectivity index (χ0n) is 10.9. The Morgan fingerprint density at radius 3 is 2.83 bits per heavy atom. The fraction of sp³-hybridized carbons (Fsp3) is 0.647. The maximum absolute atomic E-state index is 13.5. The first-order valence-corrected chi connectivity index (χ1v) is 7.61. The molecular formula is C17H21F. The minimum atomic E-state index is -0.0389. The SMILES string of the molecule is Fc1ccc2c(c1)[C@H]1CC[C@@H]3CCC[C@H]3[C@@H]1CC2. The molecule has 0 radical (unpaired) electrons. The fourth-order valence-corrected chi connectivity index (χ4v) is 5.16. The lowest BCUT2D eigenvalue weighted by atomic mass is 9.61. The Morgan fingerprint density at radius 1 is 0.944 bits per heavy atom. The van der Waals surface area contributed by atoms with Gasteiger partial charge in [0.1, 0.15) is 5.82 Å². The first-order chi connectivity index (χ1) is 8.83. The Morgan fingerprint density at radius 2 is 1.89 bits per heavy atom. The Kier molecular flexibility index (Phi) is 2.50. The number of halogens is 1. The summed E-state index contributed by atoms with van der Waals surface area (Å²) in [6.07, 6.45) is 9.57. The van der Waals surface area contributed by atoms with Crippen molar-refractivity contribution in [2.75, 3.05) is 0 Å². The van der Waals surface area contributed by atoms with Crippen LogP contribution in [0.4, 0.5) is 4.39 Å². The van der Waals surface area contributed by atoms with E-state index < -0.39 is 0 Å². The smallest absolute Gasteiger partial charge is 0.123 e. The van der Waals surface area contributed by atoms with Gasteiger partial charge in [0.2, 0.25) is 0 Å². The van der Waals surface area contributed by atoms with Crippen LogP contribution in [0, 0.1) is 23.6 Å². The number of hydrogen-bond acceptors (Lipinski definition) is 0. The number of fused-ring (bicyclic) bond motifs is 5. The summed E-state index contributed by atoms with van der Waals surface area (Å²) in [5.41, 5.74) is 2.78. The van der Waals surface area contributed by atoms with E-state index in [1.165, 1.54) is 56.1 Å². The molecule has 3 aliphatic carbocycles. The van der Waals surface area contributed by atoms with Gasteiger partial charge < -0.3 is 0 Å². The highest BCUT2D eigenvalue weighted by Gasteiger charge is 2.43. The van der Waals surface area contributed by atoms with E-state index in [-0.39, 0.29) is 5.82 Å². The Bertz CT molecular complexity index is 465. The molecule has 2 saturated carbocycles. The predicted molar refractivity (Wildman–Crippen MR) is 71.0 cm³/mol. The van der Waals surface area contributed by atoms with Crippen LogP contribution in [0.25, 0.3) is 0 Å². The van der Waals surface area contributed by atoms with Crippen molar-refractivity contribution in [1.29, 1.82) is 0 Å². The molecule has 0 saturated heterocycles. The first-order valence-electron chi connectivity index (χ1n) is 7.61. The predicted octanol–water partition coefficient (Wildman–Crippen LogP) is 4.68. The van der Waals surface area contributed by atoms with E-state index in [4.69, 9.17) is 0 Å². The van der Waals surface area contributed by atoms with Crippen LogP contribution in [0.3, 0.4) is 0 Å². The van der Waals surface area contributed by atoms with E-state index in [1.54, 1.807) is 6.07 Å². The van der Waals surface area contributed by atoms with Crippen molar-refractivity contribution in [3.05, 3.63) is 35.1 Å². The van der Waals surface area contributed by atoms with E-state index >= 15 is 0 Å². The van der Waals surface area contributed by atoms with E-state index in [0.29, 0.717) is 5.92 Å². The average Bonchev–Trinajstić information content (AvgIpc) is 2.86. The topological polar surface area (TPSA) is 0 Å². The molecule has 1 heteroatoms. The third-order valence-electron chi connectivity index (χ3n) is 5.89. The lowest BCUT2D eigenvalue weighted by molar-refractivity contribution is 0.136. The van der Waals surface area contributed by atoms with Crippen molar-refractivity contribution < 1.29 is 4.39 Å². The molecule has 0 unspecified atom stereocenters. The molecule has 4 atom stereocenters. The van der Waals surface area contributed by atoms with Gasteiger partial charge in [-0.05, 0) is 79.0 Å². The van der Waals surface area contributed by atoms with E-state index in [0.717, 1.165) is 17.8 Å². The molecule has 0 aromatic heterocycles. The van der Waals surface area contributed by atoms with Crippen LogP contribution < -0.4 is 0 Å². The van der Waals surface area contributed by atoms with Gasteiger partial charge in [-0.2, -0.15) is 0 Å². The molecule has 0 bridgehead atoms. The lowest BCUT2D eigenvalue weighted by Gasteiger charge is -2.44. The second-order valence-electron chi connectivity index (χ2n) is 6.58. The Labute approximate surface area is 109 Å². The third kappa shape index (κ3) is 1.56. The van der Waals surface area contributed by atoms with Gasteiger partial charge in [0.15, 0.2) is 0 Å². The standard InChI is InChI=1S/C17H21F/c18-13-7-4-12-6-8-15-14-3-1-2-11(14)5-9-16(15)17(12)10-13/h4,7,10-11,14-16H,1-3,5-6,8-9H2/t11-,14+,15-,16-/m0/s1. The molecule has 1 aromatic rings. The molecule has 0 nitrogen and oxygen atoms in total. The number of rotatable bonds is 0. The van der Waals surface area contributed by atoms with Gasteiger partial charge in [0.05, 0.1) is 0 Å². The summed E-state index contributed by atoms with van der Waals surface area (Å²) < 4.78 is 13.5. The van der Waals surface area contributed by atoms with E-state index in [9.17, 15) is 4.39 Å². The molecule has 2 fully saturated rings. The molecule has 0 spiro atoms. The normalized spacial score (nSPS) is 37.8. The van der Waals surface area contributed by atoms with Crippen molar-refractivity contribution in [3.63, 3.8) is 0 Å². The molecule has 96 valence electrons. The maximum atomic E-state index is 13.5. The van der Waals surface area contributed by atoms with Crippen molar-refractivity contribution in [3.8, 4) is 0 Å². The van der Waals surface area contributed by atoms with Gasteiger partial charge in [-0.1, -0.05) is 18.9 Å². The van der Waals surface area contributed by atoms with E-state index in [1.807, 2.05) is 12.1 Å². The van der Waals surface area contributed by atoms with Crippen LogP contribution >= 0.6 is 0 Å². The molecule has 0 amide bonds. The lowest BCUT2D eigenvalue weighted by Crippen LogP contribution is -2.34. The molecule has 0 N–H and O–H groups in total. The fourth-order valence-electron chi connectivity index (χ4n) is 5.16. The largest absolute Gasteiger partial charge is 0.207 e. The zero-order valence-corrected chi connectivity index (χ0v) is 10.9. The number of hydrogen-bond donors (Lipinski definition) is 0. The van der Waals surface area contributed by atoms with Gasteiger partial charge in [-0.15, -0.1) is 0 Å². The van der Waals surface area contributed by atoms with Gasteiger partial charge in [0, 0.05) is 0 Å². The molecular weight excluding hydrogens is 223 g/mol. The van der Waals surface area contributed by atoms with Crippen molar-refractivity contribution in [2.45, 2.75) is 50.9 Å². The van der Waals surface area contributed by atoms with Gasteiger partial charge in [-0.3, -0.25) is 0 Å². The molecule has 18 heavy (non-hydrogen) atoms. The molecule has 0 heterocycles. The van der Waals surface area contributed by atoms with Crippen LogP contribution in [0.15, 0.2) is 18.2 Å². The van der Waals surface area contributed by atoms with Crippen LogP contribution in [0.2, 0.25) is 0 Å². The number of aryl methyl sites for hydroxylation is 1. The van der Waals surface area contributed by atoms with Gasteiger partial charge in [-0.25, -0.2) is 4.39 Å². The average molecular weight is 244 g/mol. The molecule has 0 aliphatic heterocycles. The highest BCUT2D eigenvalue weighted by molar-refractivity contribution is 5.35. The molecule has 1 aromatic carbocycles. The summed E-state index contributed by atoms with van der Waals surface area (Å²) >= 11 is 0. The summed E-state index contributed by atoms with van der Waals surface area (Å²) in [6.45, 7) is 0. The first kappa shape index (κ1) is 11.0. The van der Waals surface area contributed by atoms with Crippen LogP contribution in [0.1, 0.15) is 55.6 Å². The molecule has 4 rings (SSSR count). The second kappa shape index (κ2) is 4.08. The Balaban J connectivity index is 1.72. The van der Waals surface area contributed by atoms with Crippen LogP contribution in [-0.2, 0) is 6.42 Å². The van der Waals surface area contributed by atoms with Crippen molar-refractivity contribution in [1.82, 2.24) is 0 Å². The summed E-state index contributed by atoms with van der Waals surface area (Å²) in [4.78, 5) is 0. The summed E-state index contributed by atoms with van der Waals surface area (Å²) in [5, 5.41) is 0. The van der Waals surface area contributed by atoms with Gasteiger partial charge in [0.25, 0.3) is 0 Å². The zero-order chi connectivity index (χ0) is 12.1. The Hall–Kier alpha value is -0.850. The minimum absolute atomic E-state index is 0.0389. The van der Waals surface area contributed by atoms with Crippen LogP contribution in [0.5, 0.6) is 0 Å². The summed E-state index contributed by atoms with van der Waals surface area (Å²) in [7, 11) is 0. The highest BCUT2D eigenvalue weighted by atomic mass is 19.1. The monoisotopic (exact) mass is 244 g/mol. The highest BCUT2D eigenvalue weighted by Crippen LogP contribution is 2.54. The number of benzene rings is 1. The summed E-state index contributed by atoms with van der Waals surface area (Å²) in [5.74, 6) is 3.45. The van der Waals surface area contributed by atoms with E-state index in [2.05, 4.69) is 0 Å². The van der Waals surface area contributed by atoms with Gasteiger partial charge >= 0.3 is 0 Å². The molecule has 3 aliphatic rings.